The van der Waals surface area contributed by atoms with Gasteiger partial charge in [0.05, 0.1) is 6.10 Å². The Kier molecular flexibility index (Phi) is 3.78. The highest BCUT2D eigenvalue weighted by atomic mass is 16.3. The summed E-state index contributed by atoms with van der Waals surface area (Å²) in [5.41, 5.74) is 1.04. The number of hydrogen-bond donors (Lipinski definition) is 3. The minimum Gasteiger partial charge on any atom is -0.393 e. The zero-order valence-corrected chi connectivity index (χ0v) is 10.4. The van der Waals surface area contributed by atoms with E-state index in [0.717, 1.165) is 43.0 Å². The summed E-state index contributed by atoms with van der Waals surface area (Å²) in [5, 5.41) is 15.9. The Morgan fingerprint density at radius 2 is 2.12 bits per heavy atom. The fourth-order valence-electron chi connectivity index (χ4n) is 2.36. The number of aliphatic hydroxyl groups excluding tert-OH is 1. The van der Waals surface area contributed by atoms with Crippen molar-refractivity contribution in [2.45, 2.75) is 32.3 Å². The Morgan fingerprint density at radius 3 is 2.76 bits per heavy atom. The summed E-state index contributed by atoms with van der Waals surface area (Å²) in [5.74, 6) is 2.29. The average Bonchev–Trinajstić information content (AvgIpc) is 2.74. The number of aromatic nitrogens is 2. The second-order valence-corrected chi connectivity index (χ2v) is 4.66. The van der Waals surface area contributed by atoms with Gasteiger partial charge < -0.3 is 15.7 Å². The second-order valence-electron chi connectivity index (χ2n) is 4.66. The van der Waals surface area contributed by atoms with E-state index in [1.165, 1.54) is 0 Å². The summed E-state index contributed by atoms with van der Waals surface area (Å²) < 4.78 is 0. The van der Waals surface area contributed by atoms with Crippen molar-refractivity contribution in [2.75, 3.05) is 24.2 Å². The Balaban J connectivity index is 1.95. The first-order valence-electron chi connectivity index (χ1n) is 6.12. The van der Waals surface area contributed by atoms with Crippen molar-refractivity contribution >= 4 is 11.6 Å². The number of anilines is 2. The molecule has 1 aliphatic carbocycles. The molecule has 5 heteroatoms. The van der Waals surface area contributed by atoms with Crippen LogP contribution in [0.1, 0.15) is 24.8 Å². The summed E-state index contributed by atoms with van der Waals surface area (Å²) in [6.07, 6.45) is 4.37. The van der Waals surface area contributed by atoms with Crippen LogP contribution in [0.5, 0.6) is 0 Å². The van der Waals surface area contributed by atoms with Gasteiger partial charge in [-0.25, -0.2) is 9.97 Å². The lowest BCUT2D eigenvalue weighted by Gasteiger charge is -2.14. The van der Waals surface area contributed by atoms with Crippen LogP contribution in [-0.2, 0) is 0 Å². The van der Waals surface area contributed by atoms with Gasteiger partial charge in [-0.3, -0.25) is 0 Å². The number of hydrogen-bond acceptors (Lipinski definition) is 5. The van der Waals surface area contributed by atoms with Crippen LogP contribution >= 0.6 is 0 Å². The molecule has 5 nitrogen and oxygen atoms in total. The number of aliphatic hydroxyl groups is 1. The molecule has 0 saturated heterocycles. The predicted molar refractivity (Wildman–Crippen MR) is 68.2 cm³/mol. The van der Waals surface area contributed by atoms with Gasteiger partial charge in [0, 0.05) is 19.2 Å². The first kappa shape index (κ1) is 12.1. The van der Waals surface area contributed by atoms with Crippen LogP contribution in [0.2, 0.25) is 0 Å². The van der Waals surface area contributed by atoms with Crippen LogP contribution in [0.15, 0.2) is 6.33 Å². The van der Waals surface area contributed by atoms with E-state index in [1.54, 1.807) is 6.33 Å². The van der Waals surface area contributed by atoms with Crippen LogP contribution < -0.4 is 10.6 Å². The molecule has 1 aliphatic rings. The first-order chi connectivity index (χ1) is 8.20. The third-order valence-corrected chi connectivity index (χ3v) is 3.39. The van der Waals surface area contributed by atoms with Crippen molar-refractivity contribution in [1.82, 2.24) is 9.97 Å². The highest BCUT2D eigenvalue weighted by Gasteiger charge is 2.22. The first-order valence-corrected chi connectivity index (χ1v) is 6.12. The second kappa shape index (κ2) is 5.31. The Morgan fingerprint density at radius 1 is 1.35 bits per heavy atom. The van der Waals surface area contributed by atoms with Gasteiger partial charge in [-0.15, -0.1) is 0 Å². The van der Waals surface area contributed by atoms with Gasteiger partial charge in [0.1, 0.15) is 18.0 Å². The zero-order valence-electron chi connectivity index (χ0n) is 10.4. The monoisotopic (exact) mass is 236 g/mol. The van der Waals surface area contributed by atoms with Crippen molar-refractivity contribution in [3.05, 3.63) is 11.9 Å². The summed E-state index contributed by atoms with van der Waals surface area (Å²) in [4.78, 5) is 8.39. The lowest BCUT2D eigenvalue weighted by molar-refractivity contribution is 0.178. The molecule has 17 heavy (non-hydrogen) atoms. The van der Waals surface area contributed by atoms with Crippen molar-refractivity contribution in [1.29, 1.82) is 0 Å². The normalized spacial score (nSPS) is 23.7. The maximum atomic E-state index is 9.47. The summed E-state index contributed by atoms with van der Waals surface area (Å²) in [6.45, 7) is 2.87. The van der Waals surface area contributed by atoms with E-state index in [2.05, 4.69) is 20.6 Å². The lowest BCUT2D eigenvalue weighted by atomic mass is 10.1. The molecule has 94 valence electrons. The van der Waals surface area contributed by atoms with Gasteiger partial charge in [0.15, 0.2) is 0 Å². The van der Waals surface area contributed by atoms with E-state index in [9.17, 15) is 5.11 Å². The van der Waals surface area contributed by atoms with E-state index >= 15 is 0 Å². The highest BCUT2D eigenvalue weighted by molar-refractivity contribution is 5.56. The minimum absolute atomic E-state index is 0.110. The molecule has 0 bridgehead atoms. The largest absolute Gasteiger partial charge is 0.393 e. The van der Waals surface area contributed by atoms with Crippen LogP contribution in [0.3, 0.4) is 0 Å². The maximum absolute atomic E-state index is 9.47. The summed E-state index contributed by atoms with van der Waals surface area (Å²) in [6, 6.07) is 0. The van der Waals surface area contributed by atoms with Crippen molar-refractivity contribution in [3.63, 3.8) is 0 Å². The van der Waals surface area contributed by atoms with E-state index in [-0.39, 0.29) is 6.10 Å². The van der Waals surface area contributed by atoms with Crippen LogP contribution in [-0.4, -0.2) is 34.8 Å². The van der Waals surface area contributed by atoms with E-state index in [1.807, 2.05) is 14.0 Å². The molecule has 1 heterocycles. The number of nitrogens with zero attached hydrogens (tertiary/aromatic N) is 2. The molecule has 2 atom stereocenters. The molecular formula is C12H20N4O. The smallest absolute Gasteiger partial charge is 0.134 e. The zero-order chi connectivity index (χ0) is 12.3. The Hall–Kier alpha value is -1.36. The standard InChI is InChI=1S/C12H20N4O/c1-8-11(13-2)15-7-16-12(8)14-6-9-3-4-10(17)5-9/h7,9-10,17H,3-6H2,1-2H3,(H2,13,14,15,16). The fourth-order valence-corrected chi connectivity index (χ4v) is 2.36. The van der Waals surface area contributed by atoms with E-state index < -0.39 is 0 Å². The topological polar surface area (TPSA) is 70.1 Å². The molecule has 0 amide bonds. The lowest BCUT2D eigenvalue weighted by Crippen LogP contribution is -2.14. The van der Waals surface area contributed by atoms with Gasteiger partial charge >= 0.3 is 0 Å². The summed E-state index contributed by atoms with van der Waals surface area (Å²) in [7, 11) is 1.85. The molecule has 0 aliphatic heterocycles. The molecule has 1 fully saturated rings. The minimum atomic E-state index is -0.110. The quantitative estimate of drug-likeness (QED) is 0.737. The fraction of sp³-hybridized carbons (Fsp3) is 0.667. The Labute approximate surface area is 102 Å². The molecule has 0 spiro atoms. The molecule has 1 aromatic heterocycles. The molecule has 3 N–H and O–H groups in total. The number of nitrogens with one attached hydrogen (secondary N) is 2. The molecule has 1 saturated carbocycles. The van der Waals surface area contributed by atoms with Crippen LogP contribution in [0, 0.1) is 12.8 Å². The molecule has 0 radical (unpaired) electrons. The average molecular weight is 236 g/mol. The summed E-state index contributed by atoms with van der Waals surface area (Å²) >= 11 is 0. The van der Waals surface area contributed by atoms with Crippen molar-refractivity contribution in [2.24, 2.45) is 5.92 Å². The maximum Gasteiger partial charge on any atom is 0.134 e. The molecule has 2 rings (SSSR count). The molecule has 1 aromatic rings. The van der Waals surface area contributed by atoms with Crippen molar-refractivity contribution < 1.29 is 5.11 Å². The Bertz CT molecular complexity index is 383. The molecule has 2 unspecified atom stereocenters. The SMILES string of the molecule is CNc1ncnc(NCC2CCC(O)C2)c1C. The van der Waals surface area contributed by atoms with Crippen LogP contribution in [0.25, 0.3) is 0 Å². The highest BCUT2D eigenvalue weighted by Crippen LogP contribution is 2.26. The van der Waals surface area contributed by atoms with Gasteiger partial charge in [-0.05, 0) is 32.1 Å². The van der Waals surface area contributed by atoms with Gasteiger partial charge in [-0.1, -0.05) is 0 Å². The van der Waals surface area contributed by atoms with Crippen LogP contribution in [0.4, 0.5) is 11.6 Å². The van der Waals surface area contributed by atoms with E-state index in [0.29, 0.717) is 5.92 Å². The molecular weight excluding hydrogens is 216 g/mol. The molecule has 0 aromatic carbocycles. The van der Waals surface area contributed by atoms with Gasteiger partial charge in [0.2, 0.25) is 0 Å². The number of rotatable bonds is 4. The third-order valence-electron chi connectivity index (χ3n) is 3.39. The van der Waals surface area contributed by atoms with Gasteiger partial charge in [0.25, 0.3) is 0 Å². The third kappa shape index (κ3) is 2.85. The van der Waals surface area contributed by atoms with E-state index in [4.69, 9.17) is 0 Å². The predicted octanol–water partition coefficient (Wildman–Crippen LogP) is 1.40. The van der Waals surface area contributed by atoms with Crippen molar-refractivity contribution in [3.8, 4) is 0 Å². The van der Waals surface area contributed by atoms with Gasteiger partial charge in [-0.2, -0.15) is 0 Å².